The van der Waals surface area contributed by atoms with Gasteiger partial charge in [0.15, 0.2) is 5.82 Å². The second-order valence-corrected chi connectivity index (χ2v) is 4.67. The van der Waals surface area contributed by atoms with Crippen LogP contribution in [0.1, 0.15) is 25.1 Å². The molecule has 3 rings (SSSR count). The van der Waals surface area contributed by atoms with Crippen molar-refractivity contribution in [2.24, 2.45) is 11.8 Å². The Labute approximate surface area is 92.8 Å². The van der Waals surface area contributed by atoms with Crippen LogP contribution >= 0.6 is 0 Å². The zero-order valence-electron chi connectivity index (χ0n) is 9.06. The molecule has 0 radical (unpaired) electrons. The molecule has 16 heavy (non-hydrogen) atoms. The molecule has 1 aromatic rings. The third-order valence-corrected chi connectivity index (χ3v) is 3.33. The Balaban J connectivity index is 1.50. The minimum Gasteiger partial charge on any atom is -0.335 e. The van der Waals surface area contributed by atoms with Crippen molar-refractivity contribution in [2.45, 2.75) is 32.2 Å². The lowest BCUT2D eigenvalue weighted by Crippen LogP contribution is -2.37. The van der Waals surface area contributed by atoms with Crippen LogP contribution in [0.3, 0.4) is 0 Å². The maximum Gasteiger partial charge on any atom is 0.329 e. The number of aromatic nitrogens is 2. The highest BCUT2D eigenvalue weighted by molar-refractivity contribution is 5.87. The predicted molar refractivity (Wildman–Crippen MR) is 55.8 cm³/mol. The molecule has 1 heterocycles. The molecule has 0 bridgehead atoms. The van der Waals surface area contributed by atoms with Gasteiger partial charge < -0.3 is 9.84 Å². The fourth-order valence-electron chi connectivity index (χ4n) is 2.50. The number of hydrogen-bond donors (Lipinski definition) is 2. The largest absolute Gasteiger partial charge is 0.335 e. The molecule has 0 spiro atoms. The molecule has 2 saturated carbocycles. The van der Waals surface area contributed by atoms with Crippen LogP contribution in [0.25, 0.3) is 0 Å². The van der Waals surface area contributed by atoms with E-state index in [4.69, 9.17) is 4.52 Å². The topological polar surface area (TPSA) is 80.0 Å². The van der Waals surface area contributed by atoms with E-state index >= 15 is 0 Å². The lowest BCUT2D eigenvalue weighted by atomic mass is 10.2. The smallest absolute Gasteiger partial charge is 0.329 e. The van der Waals surface area contributed by atoms with Crippen molar-refractivity contribution in [3.8, 4) is 0 Å². The van der Waals surface area contributed by atoms with Crippen LogP contribution in [0, 0.1) is 18.8 Å². The van der Waals surface area contributed by atoms with Crippen molar-refractivity contribution in [1.82, 2.24) is 15.5 Å². The van der Waals surface area contributed by atoms with Crippen molar-refractivity contribution < 1.29 is 9.32 Å². The second kappa shape index (κ2) is 3.47. The highest BCUT2D eigenvalue weighted by atomic mass is 16.5. The van der Waals surface area contributed by atoms with E-state index in [0.29, 0.717) is 11.9 Å². The van der Waals surface area contributed by atoms with E-state index in [0.717, 1.165) is 24.7 Å². The first kappa shape index (κ1) is 9.62. The Morgan fingerprint density at radius 3 is 2.75 bits per heavy atom. The summed E-state index contributed by atoms with van der Waals surface area (Å²) in [5.41, 5.74) is 0. The molecule has 2 atom stereocenters. The predicted octanol–water partition coefficient (Wildman–Crippen LogP) is 1.30. The van der Waals surface area contributed by atoms with Crippen molar-refractivity contribution in [3.05, 3.63) is 5.82 Å². The van der Waals surface area contributed by atoms with E-state index in [1.807, 2.05) is 0 Å². The number of hydrogen-bond acceptors (Lipinski definition) is 4. The number of nitrogens with one attached hydrogen (secondary N) is 2. The van der Waals surface area contributed by atoms with Gasteiger partial charge in [-0.1, -0.05) is 5.16 Å². The van der Waals surface area contributed by atoms with Gasteiger partial charge in [0.2, 0.25) is 0 Å². The summed E-state index contributed by atoms with van der Waals surface area (Å²) in [6, 6.07) is 0.209. The maximum absolute atomic E-state index is 11.5. The molecule has 6 nitrogen and oxygen atoms in total. The number of fused-ring (bicyclic) bond motifs is 1. The monoisotopic (exact) mass is 222 g/mol. The fraction of sp³-hybridized carbons (Fsp3) is 0.700. The molecule has 2 amide bonds. The van der Waals surface area contributed by atoms with E-state index < -0.39 is 0 Å². The van der Waals surface area contributed by atoms with Gasteiger partial charge in [0.1, 0.15) is 0 Å². The van der Waals surface area contributed by atoms with Gasteiger partial charge in [-0.05, 0) is 38.0 Å². The second-order valence-electron chi connectivity index (χ2n) is 4.67. The molecule has 86 valence electrons. The van der Waals surface area contributed by atoms with Gasteiger partial charge in [0.05, 0.1) is 0 Å². The van der Waals surface area contributed by atoms with Crippen LogP contribution in [-0.2, 0) is 0 Å². The molecule has 0 aromatic carbocycles. The molecule has 2 N–H and O–H groups in total. The van der Waals surface area contributed by atoms with Gasteiger partial charge in [-0.25, -0.2) is 4.79 Å². The zero-order chi connectivity index (χ0) is 11.1. The number of aryl methyl sites for hydroxylation is 1. The normalized spacial score (nSPS) is 30.9. The van der Waals surface area contributed by atoms with E-state index in [-0.39, 0.29) is 12.0 Å². The van der Waals surface area contributed by atoms with Crippen molar-refractivity contribution in [1.29, 1.82) is 0 Å². The summed E-state index contributed by atoms with van der Waals surface area (Å²) in [7, 11) is 0. The Morgan fingerprint density at radius 2 is 2.12 bits per heavy atom. The first-order chi connectivity index (χ1) is 7.70. The summed E-state index contributed by atoms with van der Waals surface area (Å²) in [6.07, 6.45) is 3.57. The number of rotatable bonds is 2. The number of anilines is 1. The SMILES string of the molecule is Cc1noc(NC(=O)NC2CC3CC3C2)n1. The average Bonchev–Trinajstić information content (AvgIpc) is 2.65. The van der Waals surface area contributed by atoms with Gasteiger partial charge in [-0.15, -0.1) is 0 Å². The van der Waals surface area contributed by atoms with Gasteiger partial charge in [-0.2, -0.15) is 4.98 Å². The van der Waals surface area contributed by atoms with Crippen LogP contribution < -0.4 is 10.6 Å². The Morgan fingerprint density at radius 1 is 1.38 bits per heavy atom. The highest BCUT2D eigenvalue weighted by Gasteiger charge is 2.46. The summed E-state index contributed by atoms with van der Waals surface area (Å²) in [4.78, 5) is 15.4. The minimum atomic E-state index is -0.255. The summed E-state index contributed by atoms with van der Waals surface area (Å²) in [6.45, 7) is 1.71. The van der Waals surface area contributed by atoms with Gasteiger partial charge >= 0.3 is 12.0 Å². The first-order valence-corrected chi connectivity index (χ1v) is 5.58. The third-order valence-electron chi connectivity index (χ3n) is 3.33. The standard InChI is InChI=1S/C10H14N4O2/c1-5-11-10(16-14-5)13-9(15)12-8-3-6-2-7(6)4-8/h6-8H,2-4H2,1H3,(H2,11,12,13,14,15). The van der Waals surface area contributed by atoms with Gasteiger partial charge in [0, 0.05) is 6.04 Å². The third kappa shape index (κ3) is 1.87. The fourth-order valence-corrected chi connectivity index (χ4v) is 2.50. The molecule has 2 aliphatic carbocycles. The number of amides is 2. The van der Waals surface area contributed by atoms with E-state index in [2.05, 4.69) is 20.8 Å². The summed E-state index contributed by atoms with van der Waals surface area (Å²) >= 11 is 0. The van der Waals surface area contributed by atoms with Crippen LogP contribution in [0.2, 0.25) is 0 Å². The molecular weight excluding hydrogens is 208 g/mol. The number of carbonyl (C=O) groups is 1. The Kier molecular flexibility index (Phi) is 2.08. The molecule has 6 heteroatoms. The van der Waals surface area contributed by atoms with Crippen LogP contribution in [-0.4, -0.2) is 22.2 Å². The van der Waals surface area contributed by atoms with Crippen LogP contribution in [0.5, 0.6) is 0 Å². The van der Waals surface area contributed by atoms with Gasteiger partial charge in [-0.3, -0.25) is 5.32 Å². The average molecular weight is 222 g/mol. The Hall–Kier alpha value is -1.59. The van der Waals surface area contributed by atoms with Crippen molar-refractivity contribution in [2.75, 3.05) is 5.32 Å². The van der Waals surface area contributed by atoms with Crippen LogP contribution in [0.4, 0.5) is 10.8 Å². The van der Waals surface area contributed by atoms with Gasteiger partial charge in [0.25, 0.3) is 0 Å². The molecule has 2 aliphatic rings. The van der Waals surface area contributed by atoms with E-state index in [1.54, 1.807) is 6.92 Å². The summed E-state index contributed by atoms with van der Waals surface area (Å²) in [5.74, 6) is 2.23. The minimum absolute atomic E-state index is 0.151. The van der Waals surface area contributed by atoms with Crippen molar-refractivity contribution >= 4 is 12.0 Å². The number of urea groups is 1. The summed E-state index contributed by atoms with van der Waals surface area (Å²) < 4.78 is 4.80. The quantitative estimate of drug-likeness (QED) is 0.790. The molecule has 2 unspecified atom stereocenters. The van der Waals surface area contributed by atoms with E-state index in [9.17, 15) is 4.79 Å². The zero-order valence-corrected chi connectivity index (χ0v) is 9.06. The molecule has 0 saturated heterocycles. The molecular formula is C10H14N4O2. The molecule has 0 aliphatic heterocycles. The van der Waals surface area contributed by atoms with E-state index in [1.165, 1.54) is 6.42 Å². The lowest BCUT2D eigenvalue weighted by molar-refractivity contribution is 0.246. The van der Waals surface area contributed by atoms with Crippen molar-refractivity contribution in [3.63, 3.8) is 0 Å². The summed E-state index contributed by atoms with van der Waals surface area (Å²) in [5, 5.41) is 9.04. The lowest BCUT2D eigenvalue weighted by Gasteiger charge is -2.13. The highest BCUT2D eigenvalue weighted by Crippen LogP contribution is 2.51. The Bertz CT molecular complexity index is 407. The molecule has 2 fully saturated rings. The number of carbonyl (C=O) groups excluding carboxylic acids is 1. The molecule has 1 aromatic heterocycles. The first-order valence-electron chi connectivity index (χ1n) is 5.58. The van der Waals surface area contributed by atoms with Crippen LogP contribution in [0.15, 0.2) is 4.52 Å². The maximum atomic E-state index is 11.5. The number of nitrogens with zero attached hydrogens (tertiary/aromatic N) is 2.